The standard InChI is InChI=1S/C29H30Cl2N2O3/c1-4-25(24-10-5-7-18(2)32-24)33-27(19-11-13-21(30)14-12-19)23(20-8-6-9-22(31)15-20)16-29(3,28(33)36)17-26(34)35/h5-15,23,25,27H,4,16-17H2,1-3H3,(H,34,35)/t23-,25+,27-,29-/m1/s1. The van der Waals surface area contributed by atoms with Gasteiger partial charge in [0.2, 0.25) is 5.91 Å². The lowest BCUT2D eigenvalue weighted by atomic mass is 9.67. The van der Waals surface area contributed by atoms with Crippen molar-refractivity contribution in [1.82, 2.24) is 9.88 Å². The molecule has 1 N–H and O–H groups in total. The van der Waals surface area contributed by atoms with Crippen molar-refractivity contribution in [2.24, 2.45) is 5.41 Å². The molecule has 0 bridgehead atoms. The predicted octanol–water partition coefficient (Wildman–Crippen LogP) is 7.39. The molecule has 5 nitrogen and oxygen atoms in total. The summed E-state index contributed by atoms with van der Waals surface area (Å²) < 4.78 is 0. The van der Waals surface area contributed by atoms with Crippen LogP contribution in [0.3, 0.4) is 0 Å². The average Bonchev–Trinajstić information content (AvgIpc) is 2.82. The second-order valence-corrected chi connectivity index (χ2v) is 10.7. The molecule has 1 saturated heterocycles. The van der Waals surface area contributed by atoms with E-state index < -0.39 is 11.4 Å². The van der Waals surface area contributed by atoms with Gasteiger partial charge >= 0.3 is 5.97 Å². The topological polar surface area (TPSA) is 70.5 Å². The number of likely N-dealkylation sites (tertiary alicyclic amines) is 1. The van der Waals surface area contributed by atoms with Crippen LogP contribution in [0.2, 0.25) is 10.0 Å². The van der Waals surface area contributed by atoms with Crippen LogP contribution in [0, 0.1) is 12.3 Å². The fourth-order valence-corrected chi connectivity index (χ4v) is 5.85. The lowest BCUT2D eigenvalue weighted by molar-refractivity contribution is -0.161. The third-order valence-electron chi connectivity index (χ3n) is 7.11. The molecule has 7 heteroatoms. The number of carbonyl (C=O) groups excluding carboxylic acids is 1. The summed E-state index contributed by atoms with van der Waals surface area (Å²) in [5.41, 5.74) is 2.44. The molecular weight excluding hydrogens is 495 g/mol. The summed E-state index contributed by atoms with van der Waals surface area (Å²) in [6, 6.07) is 20.3. The summed E-state index contributed by atoms with van der Waals surface area (Å²) in [7, 11) is 0. The van der Waals surface area contributed by atoms with Crippen LogP contribution in [0.25, 0.3) is 0 Å². The molecule has 4 rings (SSSR count). The molecule has 3 aromatic rings. The number of aryl methyl sites for hydroxylation is 1. The quantitative estimate of drug-likeness (QED) is 0.349. The summed E-state index contributed by atoms with van der Waals surface area (Å²) in [6.45, 7) is 5.72. The molecule has 1 aliphatic rings. The highest BCUT2D eigenvalue weighted by Crippen LogP contribution is 2.54. The normalized spacial score (nSPS) is 22.9. The Balaban J connectivity index is 1.96. The van der Waals surface area contributed by atoms with Gasteiger partial charge in [-0.15, -0.1) is 0 Å². The van der Waals surface area contributed by atoms with Crippen LogP contribution in [0.5, 0.6) is 0 Å². The number of aliphatic carboxylic acids is 1. The van der Waals surface area contributed by atoms with Gasteiger partial charge in [0.25, 0.3) is 0 Å². The van der Waals surface area contributed by atoms with Gasteiger partial charge in [-0.1, -0.05) is 67.4 Å². The van der Waals surface area contributed by atoms with Crippen LogP contribution >= 0.6 is 23.2 Å². The second-order valence-electron chi connectivity index (χ2n) is 9.83. The zero-order valence-corrected chi connectivity index (χ0v) is 22.1. The number of hydrogen-bond acceptors (Lipinski definition) is 3. The van der Waals surface area contributed by atoms with Gasteiger partial charge in [0.1, 0.15) is 0 Å². The van der Waals surface area contributed by atoms with E-state index >= 15 is 0 Å². The number of halogens is 2. The number of hydrogen-bond donors (Lipinski definition) is 1. The van der Waals surface area contributed by atoms with Crippen LogP contribution in [0.4, 0.5) is 0 Å². The molecule has 1 aromatic heterocycles. The highest BCUT2D eigenvalue weighted by atomic mass is 35.5. The van der Waals surface area contributed by atoms with Gasteiger partial charge < -0.3 is 10.0 Å². The molecule has 1 fully saturated rings. The maximum absolute atomic E-state index is 14.3. The second kappa shape index (κ2) is 10.6. The number of carboxylic acid groups (broad SMARTS) is 1. The zero-order chi connectivity index (χ0) is 26.0. The SMILES string of the molecule is CC[C@@H](c1cccc(C)n1)N1C(=O)[C@@](C)(CC(=O)O)C[C@H](c2cccc(Cl)c2)[C@H]1c1ccc(Cl)cc1. The van der Waals surface area contributed by atoms with Crippen LogP contribution in [0.1, 0.15) is 73.6 Å². The van der Waals surface area contributed by atoms with E-state index in [0.717, 1.165) is 22.5 Å². The molecular formula is C29H30Cl2N2O3. The van der Waals surface area contributed by atoms with Gasteiger partial charge in [-0.25, -0.2) is 0 Å². The Morgan fingerprint density at radius 2 is 1.78 bits per heavy atom. The molecule has 188 valence electrons. The van der Waals surface area contributed by atoms with Gasteiger partial charge in [0.15, 0.2) is 0 Å². The van der Waals surface area contributed by atoms with E-state index in [-0.39, 0.29) is 30.3 Å². The van der Waals surface area contributed by atoms with E-state index in [1.165, 1.54) is 0 Å². The number of piperidine rings is 1. The molecule has 2 aromatic carbocycles. The third-order valence-corrected chi connectivity index (χ3v) is 7.59. The number of rotatable bonds is 7. The zero-order valence-electron chi connectivity index (χ0n) is 20.6. The van der Waals surface area contributed by atoms with E-state index in [4.69, 9.17) is 28.2 Å². The molecule has 0 radical (unpaired) electrons. The highest BCUT2D eigenvalue weighted by Gasteiger charge is 2.52. The number of benzene rings is 2. The Hall–Kier alpha value is -2.89. The Morgan fingerprint density at radius 3 is 2.39 bits per heavy atom. The first kappa shape index (κ1) is 26.2. The first-order valence-electron chi connectivity index (χ1n) is 12.1. The lowest BCUT2D eigenvalue weighted by Crippen LogP contribution is -2.53. The van der Waals surface area contributed by atoms with Crippen molar-refractivity contribution in [3.8, 4) is 0 Å². The smallest absolute Gasteiger partial charge is 0.304 e. The summed E-state index contributed by atoms with van der Waals surface area (Å²) in [5.74, 6) is -1.37. The maximum atomic E-state index is 14.3. The van der Waals surface area contributed by atoms with Gasteiger partial charge in [-0.3, -0.25) is 14.6 Å². The minimum atomic E-state index is -1.10. The number of nitrogens with zero attached hydrogens (tertiary/aromatic N) is 2. The van der Waals surface area contributed by atoms with Gasteiger partial charge in [-0.2, -0.15) is 0 Å². The van der Waals surface area contributed by atoms with Crippen molar-refractivity contribution >= 4 is 35.1 Å². The average molecular weight is 525 g/mol. The van der Waals surface area contributed by atoms with E-state index in [1.807, 2.05) is 85.5 Å². The number of aromatic nitrogens is 1. The highest BCUT2D eigenvalue weighted by molar-refractivity contribution is 6.30. The molecule has 36 heavy (non-hydrogen) atoms. The fourth-order valence-electron chi connectivity index (χ4n) is 5.52. The molecule has 1 amide bonds. The number of amides is 1. The first-order valence-corrected chi connectivity index (χ1v) is 12.9. The van der Waals surface area contributed by atoms with Gasteiger partial charge in [0.05, 0.1) is 29.6 Å². The largest absolute Gasteiger partial charge is 0.481 e. The molecule has 1 aliphatic heterocycles. The first-order chi connectivity index (χ1) is 17.1. The number of carbonyl (C=O) groups is 2. The number of carboxylic acids is 1. The minimum absolute atomic E-state index is 0.182. The van der Waals surface area contributed by atoms with Gasteiger partial charge in [-0.05, 0) is 67.3 Å². The maximum Gasteiger partial charge on any atom is 0.304 e. The van der Waals surface area contributed by atoms with Crippen molar-refractivity contribution in [3.05, 3.63) is 99.3 Å². The van der Waals surface area contributed by atoms with Crippen LogP contribution < -0.4 is 0 Å². The number of pyridine rings is 1. The molecule has 0 spiro atoms. The van der Waals surface area contributed by atoms with Crippen LogP contribution in [-0.4, -0.2) is 26.9 Å². The fraction of sp³-hybridized carbons (Fsp3) is 0.345. The van der Waals surface area contributed by atoms with E-state index in [1.54, 1.807) is 6.92 Å². The minimum Gasteiger partial charge on any atom is -0.481 e. The van der Waals surface area contributed by atoms with Crippen molar-refractivity contribution in [2.75, 3.05) is 0 Å². The van der Waals surface area contributed by atoms with Crippen LogP contribution in [0.15, 0.2) is 66.7 Å². The lowest BCUT2D eigenvalue weighted by Gasteiger charge is -2.51. The summed E-state index contributed by atoms with van der Waals surface area (Å²) in [5, 5.41) is 11.0. The van der Waals surface area contributed by atoms with Crippen molar-refractivity contribution in [3.63, 3.8) is 0 Å². The summed E-state index contributed by atoms with van der Waals surface area (Å²) in [4.78, 5) is 32.9. The third kappa shape index (κ3) is 5.28. The van der Waals surface area contributed by atoms with Gasteiger partial charge in [0, 0.05) is 21.7 Å². The van der Waals surface area contributed by atoms with Crippen molar-refractivity contribution < 1.29 is 14.7 Å². The van der Waals surface area contributed by atoms with Crippen LogP contribution in [-0.2, 0) is 9.59 Å². The van der Waals surface area contributed by atoms with E-state index in [0.29, 0.717) is 22.9 Å². The summed E-state index contributed by atoms with van der Waals surface area (Å²) in [6.07, 6.45) is 0.738. The molecule has 4 atom stereocenters. The summed E-state index contributed by atoms with van der Waals surface area (Å²) >= 11 is 12.6. The monoisotopic (exact) mass is 524 g/mol. The Kier molecular flexibility index (Phi) is 7.72. The molecule has 2 heterocycles. The molecule has 0 unspecified atom stereocenters. The van der Waals surface area contributed by atoms with Crippen molar-refractivity contribution in [2.45, 2.75) is 58.0 Å². The Bertz CT molecular complexity index is 1260. The van der Waals surface area contributed by atoms with E-state index in [2.05, 4.69) is 0 Å². The van der Waals surface area contributed by atoms with Crippen molar-refractivity contribution in [1.29, 1.82) is 0 Å². The van der Waals surface area contributed by atoms with E-state index in [9.17, 15) is 14.7 Å². The Morgan fingerprint density at radius 1 is 1.08 bits per heavy atom. The molecule has 0 aliphatic carbocycles. The molecule has 0 saturated carbocycles. The Labute approximate surface area is 222 Å². The predicted molar refractivity (Wildman–Crippen MR) is 142 cm³/mol.